The van der Waals surface area contributed by atoms with Crippen LogP contribution in [0.4, 0.5) is 5.82 Å². The van der Waals surface area contributed by atoms with Crippen molar-refractivity contribution in [2.45, 2.75) is 19.3 Å². The van der Waals surface area contributed by atoms with Crippen molar-refractivity contribution in [1.82, 2.24) is 4.98 Å². The van der Waals surface area contributed by atoms with Gasteiger partial charge in [0.1, 0.15) is 19.5 Å². The molecule has 1 saturated heterocycles. The Morgan fingerprint density at radius 3 is 2.43 bits per heavy atom. The first-order chi connectivity index (χ1) is 13.4. The molecular weight excluding hydrogens is 381 g/mol. The minimum absolute atomic E-state index is 0.174. The van der Waals surface area contributed by atoms with Gasteiger partial charge >= 0.3 is 0 Å². The molecule has 0 saturated carbocycles. The molecule has 0 aliphatic carbocycles. The molecule has 0 amide bonds. The topological polar surface area (TPSA) is 119 Å². The van der Waals surface area contributed by atoms with E-state index in [-0.39, 0.29) is 12.1 Å². The van der Waals surface area contributed by atoms with Crippen molar-refractivity contribution in [1.29, 1.82) is 5.26 Å². The molecule has 1 fully saturated rings. The highest BCUT2D eigenvalue weighted by atomic mass is 31.2. The van der Waals surface area contributed by atoms with E-state index in [0.29, 0.717) is 23.5 Å². The van der Waals surface area contributed by atoms with Gasteiger partial charge < -0.3 is 28.7 Å². The van der Waals surface area contributed by atoms with Crippen LogP contribution in [-0.4, -0.2) is 43.3 Å². The number of rotatable bonds is 6. The molecule has 0 bridgehead atoms. The summed E-state index contributed by atoms with van der Waals surface area (Å²) in [5, 5.41) is 11.0. The SMILES string of the molecule is COc1cc2c(C#N)cnc(N3CCC(CCP(=O)([O-])O)CC3)c2cc1OC. The minimum atomic E-state index is -4.20. The molecule has 8 nitrogen and oxygen atoms in total. The molecule has 1 aromatic carbocycles. The van der Waals surface area contributed by atoms with E-state index in [0.717, 1.165) is 42.5 Å². The summed E-state index contributed by atoms with van der Waals surface area (Å²) in [6.07, 6.45) is 3.49. The number of benzene rings is 1. The summed E-state index contributed by atoms with van der Waals surface area (Å²) in [5.74, 6) is 2.14. The molecule has 0 spiro atoms. The Labute approximate surface area is 163 Å². The quantitative estimate of drug-likeness (QED) is 0.729. The van der Waals surface area contributed by atoms with Crippen LogP contribution < -0.4 is 19.3 Å². The van der Waals surface area contributed by atoms with Gasteiger partial charge in [0.15, 0.2) is 11.5 Å². The highest BCUT2D eigenvalue weighted by molar-refractivity contribution is 7.50. The first-order valence-corrected chi connectivity index (χ1v) is 10.8. The van der Waals surface area contributed by atoms with Crippen LogP contribution >= 0.6 is 7.60 Å². The lowest BCUT2D eigenvalue weighted by atomic mass is 9.94. The fraction of sp³-hybridized carbons (Fsp3) is 0.474. The van der Waals surface area contributed by atoms with E-state index < -0.39 is 7.60 Å². The first-order valence-electron chi connectivity index (χ1n) is 9.09. The number of methoxy groups -OCH3 is 2. The van der Waals surface area contributed by atoms with Crippen LogP contribution in [0.15, 0.2) is 18.3 Å². The molecule has 1 N–H and O–H groups in total. The second-order valence-electron chi connectivity index (χ2n) is 6.94. The molecular formula is C19H23N3O5P-. The summed E-state index contributed by atoms with van der Waals surface area (Å²) in [4.78, 5) is 26.6. The summed E-state index contributed by atoms with van der Waals surface area (Å²) >= 11 is 0. The molecule has 1 aliphatic heterocycles. The Balaban J connectivity index is 1.88. The fourth-order valence-corrected chi connectivity index (χ4v) is 4.36. The van der Waals surface area contributed by atoms with E-state index >= 15 is 0 Å². The second-order valence-corrected chi connectivity index (χ2v) is 8.66. The molecule has 1 aromatic heterocycles. The Morgan fingerprint density at radius 1 is 1.29 bits per heavy atom. The van der Waals surface area contributed by atoms with Crippen molar-refractivity contribution in [2.24, 2.45) is 5.92 Å². The summed E-state index contributed by atoms with van der Waals surface area (Å²) in [6, 6.07) is 5.80. The van der Waals surface area contributed by atoms with Crippen molar-refractivity contribution in [3.63, 3.8) is 0 Å². The average Bonchev–Trinajstić information content (AvgIpc) is 2.70. The zero-order valence-corrected chi connectivity index (χ0v) is 16.8. The van der Waals surface area contributed by atoms with Gasteiger partial charge in [0.05, 0.1) is 19.8 Å². The molecule has 3 rings (SSSR count). The van der Waals surface area contributed by atoms with E-state index in [1.165, 1.54) is 0 Å². The molecule has 1 aliphatic rings. The van der Waals surface area contributed by atoms with Crippen LogP contribution in [-0.2, 0) is 4.57 Å². The third-order valence-corrected chi connectivity index (χ3v) is 6.05. The van der Waals surface area contributed by atoms with Crippen LogP contribution in [0.1, 0.15) is 24.8 Å². The Morgan fingerprint density at radius 2 is 1.89 bits per heavy atom. The summed E-state index contributed by atoms with van der Waals surface area (Å²) in [6.45, 7) is 1.45. The number of anilines is 1. The van der Waals surface area contributed by atoms with Crippen molar-refractivity contribution >= 4 is 24.2 Å². The van der Waals surface area contributed by atoms with Crippen LogP contribution in [0.25, 0.3) is 10.8 Å². The summed E-state index contributed by atoms with van der Waals surface area (Å²) in [7, 11) is -1.08. The molecule has 1 unspecified atom stereocenters. The average molecular weight is 404 g/mol. The third kappa shape index (κ3) is 4.39. The van der Waals surface area contributed by atoms with Gasteiger partial charge in [-0.3, -0.25) is 0 Å². The van der Waals surface area contributed by atoms with E-state index in [1.807, 2.05) is 6.07 Å². The highest BCUT2D eigenvalue weighted by Gasteiger charge is 2.23. The van der Waals surface area contributed by atoms with E-state index in [4.69, 9.17) is 14.4 Å². The smallest absolute Gasteiger partial charge is 0.161 e. The standard InChI is InChI=1S/C19H24N3O5P/c1-26-17-9-15-14(11-20)12-21-19(16(15)10-18(17)27-2)22-6-3-13(4-7-22)5-8-28(23,24)25/h9-10,12-13H,3-8H2,1-2H3,(H2,23,24,25)/p-1. The van der Waals surface area contributed by atoms with Gasteiger partial charge in [-0.05, 0) is 37.3 Å². The predicted octanol–water partition coefficient (Wildman–Crippen LogP) is 2.28. The molecule has 28 heavy (non-hydrogen) atoms. The minimum Gasteiger partial charge on any atom is -0.779 e. The molecule has 150 valence electrons. The van der Waals surface area contributed by atoms with Gasteiger partial charge in [0.2, 0.25) is 0 Å². The summed E-state index contributed by atoms with van der Waals surface area (Å²) in [5.41, 5.74) is 0.462. The summed E-state index contributed by atoms with van der Waals surface area (Å²) < 4.78 is 21.8. The zero-order valence-electron chi connectivity index (χ0n) is 15.9. The fourth-order valence-electron chi connectivity index (χ4n) is 3.67. The molecule has 2 heterocycles. The lowest BCUT2D eigenvalue weighted by Crippen LogP contribution is -2.34. The maximum absolute atomic E-state index is 11.0. The van der Waals surface area contributed by atoms with Gasteiger partial charge in [-0.1, -0.05) is 0 Å². The molecule has 9 heteroatoms. The second kappa shape index (κ2) is 8.36. The van der Waals surface area contributed by atoms with Crippen molar-refractivity contribution in [2.75, 3.05) is 38.4 Å². The van der Waals surface area contributed by atoms with E-state index in [2.05, 4.69) is 16.0 Å². The maximum atomic E-state index is 11.0. The Kier molecular flexibility index (Phi) is 6.09. The van der Waals surface area contributed by atoms with Gasteiger partial charge in [0, 0.05) is 36.2 Å². The van der Waals surface area contributed by atoms with Crippen molar-refractivity contribution in [3.05, 3.63) is 23.9 Å². The normalized spacial score (nSPS) is 17.2. The van der Waals surface area contributed by atoms with Crippen LogP contribution in [0, 0.1) is 17.2 Å². The molecule has 0 radical (unpaired) electrons. The number of nitriles is 1. The lowest BCUT2D eigenvalue weighted by molar-refractivity contribution is -0.193. The predicted molar refractivity (Wildman–Crippen MR) is 104 cm³/mol. The maximum Gasteiger partial charge on any atom is 0.161 e. The number of piperidine rings is 1. The molecule has 2 aromatic rings. The number of fused-ring (bicyclic) bond motifs is 1. The zero-order chi connectivity index (χ0) is 20.3. The third-order valence-electron chi connectivity index (χ3n) is 5.23. The Bertz CT molecular complexity index is 945. The van der Waals surface area contributed by atoms with Crippen LogP contribution in [0.3, 0.4) is 0 Å². The van der Waals surface area contributed by atoms with Gasteiger partial charge in [-0.25, -0.2) is 4.98 Å². The van der Waals surface area contributed by atoms with Crippen molar-refractivity contribution < 1.29 is 23.8 Å². The molecule has 1 atom stereocenters. The van der Waals surface area contributed by atoms with Gasteiger partial charge in [0.25, 0.3) is 0 Å². The first kappa shape index (κ1) is 20.4. The monoisotopic (exact) mass is 404 g/mol. The van der Waals surface area contributed by atoms with Crippen molar-refractivity contribution in [3.8, 4) is 17.6 Å². The lowest BCUT2D eigenvalue weighted by Gasteiger charge is -2.34. The van der Waals surface area contributed by atoms with Crippen LogP contribution in [0.2, 0.25) is 0 Å². The number of hydrogen-bond donors (Lipinski definition) is 1. The van der Waals surface area contributed by atoms with Crippen LogP contribution in [0.5, 0.6) is 11.5 Å². The Hall–Kier alpha value is -2.33. The van der Waals surface area contributed by atoms with Gasteiger partial charge in [-0.2, -0.15) is 5.26 Å². The number of aromatic nitrogens is 1. The van der Waals surface area contributed by atoms with E-state index in [1.54, 1.807) is 26.5 Å². The number of hydrogen-bond acceptors (Lipinski definition) is 7. The van der Waals surface area contributed by atoms with E-state index in [9.17, 15) is 14.7 Å². The number of ether oxygens (including phenoxy) is 2. The number of pyridine rings is 1. The number of nitrogens with zero attached hydrogens (tertiary/aromatic N) is 3. The largest absolute Gasteiger partial charge is 0.779 e. The highest BCUT2D eigenvalue weighted by Crippen LogP contribution is 2.39. The van der Waals surface area contributed by atoms with Gasteiger partial charge in [-0.15, -0.1) is 0 Å².